The molecule has 142 valence electrons. The van der Waals surface area contributed by atoms with Crippen LogP contribution >= 0.6 is 0 Å². The van der Waals surface area contributed by atoms with E-state index in [9.17, 15) is 14.0 Å². The molecule has 1 fully saturated rings. The van der Waals surface area contributed by atoms with Crippen LogP contribution in [-0.4, -0.2) is 54.3 Å². The second-order valence-electron chi connectivity index (χ2n) is 6.75. The summed E-state index contributed by atoms with van der Waals surface area (Å²) in [6.07, 6.45) is 0. The Hall–Kier alpha value is -2.73. The average Bonchev–Trinajstić information content (AvgIpc) is 2.68. The first-order valence-corrected chi connectivity index (χ1v) is 9.12. The lowest BCUT2D eigenvalue weighted by Gasteiger charge is -2.35. The van der Waals surface area contributed by atoms with Crippen LogP contribution in [-0.2, 0) is 11.3 Å². The predicted molar refractivity (Wildman–Crippen MR) is 102 cm³/mol. The topological polar surface area (TPSA) is 52.6 Å². The van der Waals surface area contributed by atoms with Gasteiger partial charge in [-0.25, -0.2) is 4.39 Å². The summed E-state index contributed by atoms with van der Waals surface area (Å²) in [4.78, 5) is 28.4. The molecule has 1 N–H and O–H groups in total. The van der Waals surface area contributed by atoms with Gasteiger partial charge in [-0.3, -0.25) is 14.5 Å². The van der Waals surface area contributed by atoms with Crippen LogP contribution in [0.3, 0.4) is 0 Å². The summed E-state index contributed by atoms with van der Waals surface area (Å²) >= 11 is 0. The first-order valence-electron chi connectivity index (χ1n) is 9.12. The molecular weight excluding hydrogens is 345 g/mol. The minimum Gasteiger partial charge on any atom is -0.343 e. The van der Waals surface area contributed by atoms with Gasteiger partial charge in [-0.05, 0) is 30.2 Å². The Bertz CT molecular complexity index is 817. The molecule has 2 amide bonds. The van der Waals surface area contributed by atoms with E-state index in [-0.39, 0.29) is 18.0 Å². The van der Waals surface area contributed by atoms with Crippen LogP contribution < -0.4 is 5.32 Å². The van der Waals surface area contributed by atoms with E-state index in [0.29, 0.717) is 13.1 Å². The number of piperazine rings is 1. The fourth-order valence-corrected chi connectivity index (χ4v) is 3.19. The van der Waals surface area contributed by atoms with Gasteiger partial charge in [0, 0.05) is 32.7 Å². The van der Waals surface area contributed by atoms with Gasteiger partial charge in [-0.2, -0.15) is 0 Å². The van der Waals surface area contributed by atoms with E-state index in [4.69, 9.17) is 0 Å². The monoisotopic (exact) mass is 369 g/mol. The maximum Gasteiger partial charge on any atom is 0.254 e. The molecule has 0 aromatic heterocycles. The number of carbonyl (C=O) groups is 2. The number of halogens is 1. The van der Waals surface area contributed by atoms with Crippen LogP contribution in [0.2, 0.25) is 0 Å². The van der Waals surface area contributed by atoms with E-state index in [1.165, 1.54) is 29.3 Å². The maximum absolute atomic E-state index is 13.6. The molecule has 2 aromatic rings. The largest absolute Gasteiger partial charge is 0.343 e. The van der Waals surface area contributed by atoms with Gasteiger partial charge >= 0.3 is 0 Å². The van der Waals surface area contributed by atoms with Crippen LogP contribution in [0.15, 0.2) is 48.5 Å². The van der Waals surface area contributed by atoms with Crippen molar-refractivity contribution in [2.24, 2.45) is 0 Å². The molecule has 0 aliphatic carbocycles. The summed E-state index contributed by atoms with van der Waals surface area (Å²) in [5, 5.41) is 2.51. The average molecular weight is 369 g/mol. The van der Waals surface area contributed by atoms with Gasteiger partial charge < -0.3 is 10.2 Å². The number of carbonyl (C=O) groups excluding carboxylic acids is 2. The summed E-state index contributed by atoms with van der Waals surface area (Å²) < 4.78 is 13.6. The van der Waals surface area contributed by atoms with E-state index in [2.05, 4.69) is 29.3 Å². The molecular formula is C21H24FN3O2. The Kier molecular flexibility index (Phi) is 6.19. The number of nitrogens with one attached hydrogen (secondary N) is 1. The van der Waals surface area contributed by atoms with Crippen molar-refractivity contribution in [2.75, 3.05) is 32.7 Å². The van der Waals surface area contributed by atoms with Crippen molar-refractivity contribution in [1.82, 2.24) is 15.1 Å². The Morgan fingerprint density at radius 1 is 1.00 bits per heavy atom. The van der Waals surface area contributed by atoms with E-state index < -0.39 is 11.7 Å². The summed E-state index contributed by atoms with van der Waals surface area (Å²) in [6.45, 7) is 5.69. The quantitative estimate of drug-likeness (QED) is 0.879. The Morgan fingerprint density at radius 3 is 2.37 bits per heavy atom. The van der Waals surface area contributed by atoms with E-state index >= 15 is 0 Å². The highest BCUT2D eigenvalue weighted by atomic mass is 19.1. The molecule has 0 spiro atoms. The van der Waals surface area contributed by atoms with Crippen LogP contribution in [0, 0.1) is 12.7 Å². The summed E-state index contributed by atoms with van der Waals surface area (Å²) in [7, 11) is 0. The zero-order valence-corrected chi connectivity index (χ0v) is 15.5. The first kappa shape index (κ1) is 19.0. The van der Waals surface area contributed by atoms with E-state index in [0.717, 1.165) is 19.6 Å². The fourth-order valence-electron chi connectivity index (χ4n) is 3.19. The third-order valence-corrected chi connectivity index (χ3v) is 4.90. The lowest BCUT2D eigenvalue weighted by molar-refractivity contribution is -0.131. The number of hydrogen-bond acceptors (Lipinski definition) is 3. The molecule has 0 unspecified atom stereocenters. The van der Waals surface area contributed by atoms with Crippen LogP contribution in [0.25, 0.3) is 0 Å². The molecule has 2 aromatic carbocycles. The van der Waals surface area contributed by atoms with Crippen molar-refractivity contribution in [3.05, 3.63) is 71.0 Å². The third-order valence-electron chi connectivity index (χ3n) is 4.90. The molecule has 0 radical (unpaired) electrons. The lowest BCUT2D eigenvalue weighted by Crippen LogP contribution is -2.50. The number of nitrogens with zero attached hydrogens (tertiary/aromatic N) is 2. The second-order valence-corrected chi connectivity index (χ2v) is 6.75. The maximum atomic E-state index is 13.6. The molecule has 1 heterocycles. The predicted octanol–water partition coefficient (Wildman–Crippen LogP) is 2.21. The molecule has 0 atom stereocenters. The van der Waals surface area contributed by atoms with Crippen molar-refractivity contribution in [3.8, 4) is 0 Å². The third kappa shape index (κ3) is 4.92. The van der Waals surface area contributed by atoms with Gasteiger partial charge in [0.1, 0.15) is 5.82 Å². The van der Waals surface area contributed by atoms with Gasteiger partial charge in [-0.15, -0.1) is 0 Å². The van der Waals surface area contributed by atoms with Crippen molar-refractivity contribution in [1.29, 1.82) is 0 Å². The second kappa shape index (κ2) is 8.77. The molecule has 3 rings (SSSR count). The van der Waals surface area contributed by atoms with Crippen LogP contribution in [0.4, 0.5) is 4.39 Å². The summed E-state index contributed by atoms with van der Waals surface area (Å²) in [5.74, 6) is -1.30. The molecule has 1 aliphatic rings. The van der Waals surface area contributed by atoms with Crippen molar-refractivity contribution in [2.45, 2.75) is 13.5 Å². The highest BCUT2D eigenvalue weighted by molar-refractivity contribution is 5.96. The number of amides is 2. The smallest absolute Gasteiger partial charge is 0.254 e. The fraction of sp³-hybridized carbons (Fsp3) is 0.333. The minimum atomic E-state index is -0.590. The SMILES string of the molecule is Cc1ccccc1CN1CCN(C(=O)CNC(=O)c2ccccc2F)CC1. The molecule has 0 bridgehead atoms. The van der Waals surface area contributed by atoms with Gasteiger partial charge in [0.2, 0.25) is 5.91 Å². The Labute approximate surface area is 158 Å². The summed E-state index contributed by atoms with van der Waals surface area (Å²) in [6, 6.07) is 14.1. The molecule has 0 saturated carbocycles. The van der Waals surface area contributed by atoms with Gasteiger partial charge in [-0.1, -0.05) is 36.4 Å². The standard InChI is InChI=1S/C21H24FN3O2/c1-16-6-2-3-7-17(16)15-24-10-12-25(13-11-24)20(26)14-23-21(27)18-8-4-5-9-19(18)22/h2-9H,10-15H2,1H3,(H,23,27). The van der Waals surface area contributed by atoms with Gasteiger partial charge in [0.25, 0.3) is 5.91 Å². The number of aryl methyl sites for hydroxylation is 1. The lowest BCUT2D eigenvalue weighted by atomic mass is 10.1. The first-order chi connectivity index (χ1) is 13.0. The number of rotatable bonds is 5. The van der Waals surface area contributed by atoms with E-state index in [1.54, 1.807) is 11.0 Å². The van der Waals surface area contributed by atoms with E-state index in [1.807, 2.05) is 12.1 Å². The number of hydrogen-bond donors (Lipinski definition) is 1. The Balaban J connectivity index is 1.45. The molecule has 6 heteroatoms. The highest BCUT2D eigenvalue weighted by Gasteiger charge is 2.22. The van der Waals surface area contributed by atoms with Crippen molar-refractivity contribution >= 4 is 11.8 Å². The molecule has 5 nitrogen and oxygen atoms in total. The van der Waals surface area contributed by atoms with Crippen molar-refractivity contribution in [3.63, 3.8) is 0 Å². The van der Waals surface area contributed by atoms with Crippen LogP contribution in [0.5, 0.6) is 0 Å². The molecule has 1 saturated heterocycles. The van der Waals surface area contributed by atoms with Gasteiger partial charge in [0.15, 0.2) is 0 Å². The Morgan fingerprint density at radius 2 is 1.67 bits per heavy atom. The zero-order valence-electron chi connectivity index (χ0n) is 15.5. The molecule has 1 aliphatic heterocycles. The molecule has 27 heavy (non-hydrogen) atoms. The zero-order chi connectivity index (χ0) is 19.2. The van der Waals surface area contributed by atoms with Crippen LogP contribution in [0.1, 0.15) is 21.5 Å². The highest BCUT2D eigenvalue weighted by Crippen LogP contribution is 2.12. The summed E-state index contributed by atoms with van der Waals surface area (Å²) in [5.41, 5.74) is 2.52. The normalized spacial score (nSPS) is 14.8. The number of benzene rings is 2. The van der Waals surface area contributed by atoms with Gasteiger partial charge in [0.05, 0.1) is 12.1 Å². The minimum absolute atomic E-state index is 0.0478. The van der Waals surface area contributed by atoms with Crippen molar-refractivity contribution < 1.29 is 14.0 Å².